The Morgan fingerprint density at radius 2 is 1.95 bits per heavy atom. The van der Waals surface area contributed by atoms with E-state index in [1.54, 1.807) is 13.4 Å². The molecule has 2 aromatic rings. The van der Waals surface area contributed by atoms with E-state index in [1.807, 2.05) is 18.2 Å². The van der Waals surface area contributed by atoms with Crippen molar-refractivity contribution in [2.45, 2.75) is 18.9 Å². The molecule has 1 aromatic heterocycles. The summed E-state index contributed by atoms with van der Waals surface area (Å²) in [5.41, 5.74) is 1.23. The lowest BCUT2D eigenvalue weighted by Gasteiger charge is -2.17. The second-order valence-electron chi connectivity index (χ2n) is 4.51. The number of methoxy groups -OCH3 is 1. The van der Waals surface area contributed by atoms with Crippen molar-refractivity contribution in [2.75, 3.05) is 20.3 Å². The zero-order valence-electron chi connectivity index (χ0n) is 11.3. The molecule has 0 radical (unpaired) electrons. The van der Waals surface area contributed by atoms with Crippen LogP contribution in [0.15, 0.2) is 53.1 Å². The molecule has 1 heterocycles. The van der Waals surface area contributed by atoms with E-state index in [2.05, 4.69) is 29.6 Å². The largest absolute Gasteiger partial charge is 0.467 e. The Morgan fingerprint density at radius 1 is 1.11 bits per heavy atom. The average molecular weight is 259 g/mol. The maximum Gasteiger partial charge on any atom is 0.125 e. The summed E-state index contributed by atoms with van der Waals surface area (Å²) in [4.78, 5) is 0. The maximum absolute atomic E-state index is 5.54. The van der Waals surface area contributed by atoms with Crippen LogP contribution in [0.4, 0.5) is 0 Å². The number of benzene rings is 1. The molecule has 0 aliphatic carbocycles. The predicted molar refractivity (Wildman–Crippen MR) is 76.1 cm³/mol. The highest BCUT2D eigenvalue weighted by atomic mass is 16.5. The number of furan rings is 1. The fourth-order valence-corrected chi connectivity index (χ4v) is 2.10. The number of ether oxygens (including phenoxy) is 1. The van der Waals surface area contributed by atoms with E-state index in [4.69, 9.17) is 9.15 Å². The van der Waals surface area contributed by atoms with Gasteiger partial charge in [-0.3, -0.25) is 0 Å². The number of rotatable bonds is 8. The molecule has 0 aliphatic rings. The van der Waals surface area contributed by atoms with Crippen LogP contribution in [0.1, 0.15) is 30.2 Å². The summed E-state index contributed by atoms with van der Waals surface area (Å²) >= 11 is 0. The van der Waals surface area contributed by atoms with Gasteiger partial charge >= 0.3 is 0 Å². The lowest BCUT2D eigenvalue weighted by atomic mass is 10.0. The average Bonchev–Trinajstić information content (AvgIpc) is 2.98. The molecule has 1 unspecified atom stereocenters. The number of hydrogen-bond donors (Lipinski definition) is 1. The molecular formula is C16H21NO2. The van der Waals surface area contributed by atoms with E-state index in [9.17, 15) is 0 Å². The Hall–Kier alpha value is -1.58. The fourth-order valence-electron chi connectivity index (χ4n) is 2.10. The van der Waals surface area contributed by atoms with Crippen molar-refractivity contribution in [1.29, 1.82) is 0 Å². The van der Waals surface area contributed by atoms with Gasteiger partial charge in [-0.15, -0.1) is 0 Å². The van der Waals surface area contributed by atoms with Crippen LogP contribution >= 0.6 is 0 Å². The van der Waals surface area contributed by atoms with Crippen molar-refractivity contribution in [1.82, 2.24) is 5.32 Å². The van der Waals surface area contributed by atoms with Crippen molar-refractivity contribution in [3.63, 3.8) is 0 Å². The number of nitrogens with one attached hydrogen (secondary N) is 1. The Morgan fingerprint density at radius 3 is 2.63 bits per heavy atom. The molecule has 2 rings (SSSR count). The van der Waals surface area contributed by atoms with E-state index in [-0.39, 0.29) is 6.04 Å². The van der Waals surface area contributed by atoms with Gasteiger partial charge in [-0.2, -0.15) is 0 Å². The van der Waals surface area contributed by atoms with Crippen LogP contribution < -0.4 is 5.32 Å². The molecular weight excluding hydrogens is 238 g/mol. The van der Waals surface area contributed by atoms with Crippen LogP contribution in [0.5, 0.6) is 0 Å². The Balaban J connectivity index is 1.96. The van der Waals surface area contributed by atoms with E-state index in [0.29, 0.717) is 0 Å². The Labute approximate surface area is 114 Å². The zero-order valence-corrected chi connectivity index (χ0v) is 11.3. The summed E-state index contributed by atoms with van der Waals surface area (Å²) in [7, 11) is 1.74. The molecule has 1 aromatic carbocycles. The van der Waals surface area contributed by atoms with Gasteiger partial charge in [0.05, 0.1) is 12.3 Å². The van der Waals surface area contributed by atoms with Crippen LogP contribution in [-0.2, 0) is 4.74 Å². The molecule has 19 heavy (non-hydrogen) atoms. The first-order chi connectivity index (χ1) is 9.42. The van der Waals surface area contributed by atoms with Gasteiger partial charge in [0, 0.05) is 13.7 Å². The van der Waals surface area contributed by atoms with E-state index >= 15 is 0 Å². The summed E-state index contributed by atoms with van der Waals surface area (Å²) in [6.07, 6.45) is 3.89. The quantitative estimate of drug-likeness (QED) is 0.738. The molecule has 1 atom stereocenters. The predicted octanol–water partition coefficient (Wildman–Crippen LogP) is 3.39. The third-order valence-electron chi connectivity index (χ3n) is 3.08. The third kappa shape index (κ3) is 4.23. The fraction of sp³-hybridized carbons (Fsp3) is 0.375. The molecule has 0 fully saturated rings. The van der Waals surface area contributed by atoms with Gasteiger partial charge in [0.2, 0.25) is 0 Å². The molecule has 0 aliphatic heterocycles. The van der Waals surface area contributed by atoms with E-state index in [1.165, 1.54) is 5.56 Å². The topological polar surface area (TPSA) is 34.4 Å². The third-order valence-corrected chi connectivity index (χ3v) is 3.08. The van der Waals surface area contributed by atoms with Gasteiger partial charge in [-0.05, 0) is 37.1 Å². The molecule has 0 saturated carbocycles. The SMILES string of the molecule is COCCCCNC(c1ccccc1)c1ccco1. The monoisotopic (exact) mass is 259 g/mol. The van der Waals surface area contributed by atoms with E-state index < -0.39 is 0 Å². The highest BCUT2D eigenvalue weighted by Gasteiger charge is 2.15. The van der Waals surface area contributed by atoms with Crippen molar-refractivity contribution < 1.29 is 9.15 Å². The number of unbranched alkanes of at least 4 members (excludes halogenated alkanes) is 1. The molecule has 0 spiro atoms. The van der Waals surface area contributed by atoms with Gasteiger partial charge < -0.3 is 14.5 Å². The van der Waals surface area contributed by atoms with E-state index in [0.717, 1.165) is 31.8 Å². The lowest BCUT2D eigenvalue weighted by Crippen LogP contribution is -2.23. The molecule has 0 amide bonds. The van der Waals surface area contributed by atoms with Crippen LogP contribution in [-0.4, -0.2) is 20.3 Å². The van der Waals surface area contributed by atoms with Crippen molar-refractivity contribution >= 4 is 0 Å². The van der Waals surface area contributed by atoms with Gasteiger partial charge in [-0.1, -0.05) is 30.3 Å². The molecule has 0 bridgehead atoms. The van der Waals surface area contributed by atoms with Gasteiger partial charge in [-0.25, -0.2) is 0 Å². The van der Waals surface area contributed by atoms with Crippen LogP contribution in [0.25, 0.3) is 0 Å². The standard InChI is InChI=1S/C16H21NO2/c1-18-12-6-5-11-17-16(15-10-7-13-19-15)14-8-3-2-4-9-14/h2-4,7-10,13,16-17H,5-6,11-12H2,1H3. The first kappa shape index (κ1) is 13.8. The zero-order chi connectivity index (χ0) is 13.3. The van der Waals surface area contributed by atoms with Gasteiger partial charge in [0.1, 0.15) is 5.76 Å². The first-order valence-electron chi connectivity index (χ1n) is 6.72. The minimum Gasteiger partial charge on any atom is -0.467 e. The summed E-state index contributed by atoms with van der Waals surface area (Å²) in [6, 6.07) is 14.4. The molecule has 3 heteroatoms. The van der Waals surface area contributed by atoms with Gasteiger partial charge in [0.15, 0.2) is 0 Å². The minimum atomic E-state index is 0.124. The molecule has 1 N–H and O–H groups in total. The van der Waals surface area contributed by atoms with Crippen molar-refractivity contribution in [3.8, 4) is 0 Å². The summed E-state index contributed by atoms with van der Waals surface area (Å²) in [5, 5.41) is 3.55. The maximum atomic E-state index is 5.54. The Bertz CT molecular complexity index is 439. The van der Waals surface area contributed by atoms with Crippen molar-refractivity contribution in [3.05, 3.63) is 60.1 Å². The highest BCUT2D eigenvalue weighted by molar-refractivity contribution is 5.26. The van der Waals surface area contributed by atoms with Crippen LogP contribution in [0.3, 0.4) is 0 Å². The second-order valence-corrected chi connectivity index (χ2v) is 4.51. The summed E-state index contributed by atoms with van der Waals surface area (Å²) in [5.74, 6) is 0.956. The smallest absolute Gasteiger partial charge is 0.125 e. The summed E-state index contributed by atoms with van der Waals surface area (Å²) in [6.45, 7) is 1.77. The van der Waals surface area contributed by atoms with Crippen LogP contribution in [0, 0.1) is 0 Å². The van der Waals surface area contributed by atoms with Crippen molar-refractivity contribution in [2.24, 2.45) is 0 Å². The molecule has 102 valence electrons. The van der Waals surface area contributed by atoms with Gasteiger partial charge in [0.25, 0.3) is 0 Å². The number of hydrogen-bond acceptors (Lipinski definition) is 3. The normalized spacial score (nSPS) is 12.5. The van der Waals surface area contributed by atoms with Crippen LogP contribution in [0.2, 0.25) is 0 Å². The first-order valence-corrected chi connectivity index (χ1v) is 6.72. The molecule has 0 saturated heterocycles. The molecule has 3 nitrogen and oxygen atoms in total. The minimum absolute atomic E-state index is 0.124. The highest BCUT2D eigenvalue weighted by Crippen LogP contribution is 2.22. The summed E-state index contributed by atoms with van der Waals surface area (Å²) < 4.78 is 10.6. The lowest BCUT2D eigenvalue weighted by molar-refractivity contribution is 0.192. The Kier molecular flexibility index (Phi) is 5.66. The second kappa shape index (κ2) is 7.77.